The monoisotopic (exact) mass is 591 g/mol. The van der Waals surface area contributed by atoms with Crippen molar-refractivity contribution in [3.63, 3.8) is 0 Å². The van der Waals surface area contributed by atoms with E-state index in [0.29, 0.717) is 35.4 Å². The van der Waals surface area contributed by atoms with E-state index < -0.39 is 15.6 Å². The van der Waals surface area contributed by atoms with Crippen molar-refractivity contribution in [1.29, 1.82) is 0 Å². The van der Waals surface area contributed by atoms with Crippen LogP contribution in [0.5, 0.6) is 11.5 Å². The summed E-state index contributed by atoms with van der Waals surface area (Å²) >= 11 is 0. The third-order valence-electron chi connectivity index (χ3n) is 7.91. The van der Waals surface area contributed by atoms with Crippen molar-refractivity contribution >= 4 is 21.6 Å². The number of benzene rings is 3. The maximum atomic E-state index is 13.9. The topological polar surface area (TPSA) is 88.2 Å². The SMILES string of the molecule is Cc1ccc(S(=O)(=O)N2C[C@@]3(CCCN(CC(=O)Nc4ccc(Oc5ccccc5)cc4)C3)OC[C@@H]2CC(C)C)cc1. The molecule has 2 aliphatic heterocycles. The highest BCUT2D eigenvalue weighted by molar-refractivity contribution is 7.89. The van der Waals surface area contributed by atoms with Gasteiger partial charge in [0.2, 0.25) is 15.9 Å². The van der Waals surface area contributed by atoms with E-state index in [2.05, 4.69) is 24.1 Å². The van der Waals surface area contributed by atoms with Crippen LogP contribution in [0.3, 0.4) is 0 Å². The molecule has 0 saturated carbocycles. The molecule has 224 valence electrons. The molecule has 0 unspecified atom stereocenters. The van der Waals surface area contributed by atoms with Gasteiger partial charge in [0.1, 0.15) is 11.5 Å². The number of ether oxygens (including phenoxy) is 2. The number of anilines is 1. The Labute approximate surface area is 249 Å². The Bertz CT molecular complexity index is 1450. The zero-order valence-electron chi connectivity index (χ0n) is 24.7. The molecule has 2 heterocycles. The van der Waals surface area contributed by atoms with Crippen LogP contribution < -0.4 is 10.1 Å². The van der Waals surface area contributed by atoms with Gasteiger partial charge in [-0.2, -0.15) is 4.31 Å². The lowest BCUT2D eigenvalue weighted by Gasteiger charge is -2.50. The fraction of sp³-hybridized carbons (Fsp3) is 0.424. The summed E-state index contributed by atoms with van der Waals surface area (Å²) in [6.07, 6.45) is 2.30. The van der Waals surface area contributed by atoms with Crippen LogP contribution in [0, 0.1) is 12.8 Å². The van der Waals surface area contributed by atoms with Gasteiger partial charge in [0, 0.05) is 24.8 Å². The summed E-state index contributed by atoms with van der Waals surface area (Å²) in [7, 11) is -3.71. The van der Waals surface area contributed by atoms with Crippen molar-refractivity contribution in [1.82, 2.24) is 9.21 Å². The van der Waals surface area contributed by atoms with E-state index in [1.165, 1.54) is 0 Å². The van der Waals surface area contributed by atoms with E-state index in [9.17, 15) is 13.2 Å². The fourth-order valence-electron chi connectivity index (χ4n) is 5.88. The number of para-hydroxylation sites is 1. The van der Waals surface area contributed by atoms with E-state index in [4.69, 9.17) is 9.47 Å². The predicted molar refractivity (Wildman–Crippen MR) is 164 cm³/mol. The zero-order valence-corrected chi connectivity index (χ0v) is 25.5. The second-order valence-corrected chi connectivity index (χ2v) is 13.8. The molecule has 2 aliphatic rings. The molecule has 5 rings (SSSR count). The van der Waals surface area contributed by atoms with Crippen LogP contribution in [0.15, 0.2) is 83.8 Å². The van der Waals surface area contributed by atoms with Gasteiger partial charge in [-0.05, 0) is 87.2 Å². The van der Waals surface area contributed by atoms with Gasteiger partial charge in [0.05, 0.1) is 23.6 Å². The quantitative estimate of drug-likeness (QED) is 0.344. The summed E-state index contributed by atoms with van der Waals surface area (Å²) in [5.74, 6) is 1.64. The standard InChI is InChI=1S/C33H41N3O5S/c1-25(2)20-28-22-40-33(24-36(28)42(38,39)31-16-10-26(3)11-17-31)18-7-19-35(23-33)21-32(37)34-27-12-14-30(15-13-27)41-29-8-5-4-6-9-29/h4-6,8-17,25,28H,7,18-24H2,1-3H3,(H,34,37)/t28-,33-/m0/s1. The second-order valence-electron chi connectivity index (χ2n) is 11.9. The summed E-state index contributed by atoms with van der Waals surface area (Å²) in [6.45, 7) is 8.23. The van der Waals surface area contributed by atoms with Gasteiger partial charge in [-0.15, -0.1) is 0 Å². The van der Waals surface area contributed by atoms with Crippen molar-refractivity contribution in [2.24, 2.45) is 5.92 Å². The number of piperidine rings is 1. The number of carbonyl (C=O) groups is 1. The molecule has 0 radical (unpaired) electrons. The molecule has 1 spiro atoms. The first-order valence-electron chi connectivity index (χ1n) is 14.7. The smallest absolute Gasteiger partial charge is 0.243 e. The average Bonchev–Trinajstić information content (AvgIpc) is 2.96. The van der Waals surface area contributed by atoms with Crippen molar-refractivity contribution in [3.05, 3.63) is 84.4 Å². The van der Waals surface area contributed by atoms with E-state index in [-0.39, 0.29) is 25.0 Å². The molecule has 9 heteroatoms. The minimum atomic E-state index is -3.71. The first-order chi connectivity index (χ1) is 20.1. The highest BCUT2D eigenvalue weighted by atomic mass is 32.2. The first-order valence-corrected chi connectivity index (χ1v) is 16.1. The Hall–Kier alpha value is -3.24. The van der Waals surface area contributed by atoms with Gasteiger partial charge in [0.25, 0.3) is 0 Å². The third kappa shape index (κ3) is 7.39. The molecule has 0 aromatic heterocycles. The van der Waals surface area contributed by atoms with Gasteiger partial charge in [-0.3, -0.25) is 9.69 Å². The highest BCUT2D eigenvalue weighted by Gasteiger charge is 2.47. The number of aryl methyl sites for hydroxylation is 1. The van der Waals surface area contributed by atoms with Crippen molar-refractivity contribution in [2.45, 2.75) is 56.6 Å². The van der Waals surface area contributed by atoms with Gasteiger partial charge in [0.15, 0.2) is 0 Å². The maximum Gasteiger partial charge on any atom is 0.243 e. The Morgan fingerprint density at radius 2 is 1.69 bits per heavy atom. The molecule has 2 saturated heterocycles. The normalized spacial score (nSPS) is 21.9. The number of hydrogen-bond donors (Lipinski definition) is 1. The fourth-order valence-corrected chi connectivity index (χ4v) is 7.57. The summed E-state index contributed by atoms with van der Waals surface area (Å²) in [4.78, 5) is 15.4. The molecule has 8 nitrogen and oxygen atoms in total. The molecular formula is C33H41N3O5S. The Morgan fingerprint density at radius 1 is 1.00 bits per heavy atom. The van der Waals surface area contributed by atoms with E-state index in [1.54, 1.807) is 16.4 Å². The predicted octanol–water partition coefficient (Wildman–Crippen LogP) is 5.70. The number of carbonyl (C=O) groups excluding carboxylic acids is 1. The number of likely N-dealkylation sites (tertiary alicyclic amines) is 1. The van der Waals surface area contributed by atoms with Crippen LogP contribution in [0.4, 0.5) is 5.69 Å². The lowest BCUT2D eigenvalue weighted by atomic mass is 9.89. The largest absolute Gasteiger partial charge is 0.457 e. The molecule has 3 aromatic rings. The molecule has 0 aliphatic carbocycles. The Balaban J connectivity index is 1.23. The van der Waals surface area contributed by atoms with Crippen molar-refractivity contribution in [3.8, 4) is 11.5 Å². The minimum absolute atomic E-state index is 0.124. The molecule has 2 atom stereocenters. The highest BCUT2D eigenvalue weighted by Crippen LogP contribution is 2.35. The summed E-state index contributed by atoms with van der Waals surface area (Å²) in [5, 5.41) is 2.98. The molecule has 3 aromatic carbocycles. The van der Waals surface area contributed by atoms with Gasteiger partial charge < -0.3 is 14.8 Å². The van der Waals surface area contributed by atoms with Crippen LogP contribution in [0.2, 0.25) is 0 Å². The van der Waals surface area contributed by atoms with Crippen LogP contribution >= 0.6 is 0 Å². The number of hydrogen-bond acceptors (Lipinski definition) is 6. The van der Waals surface area contributed by atoms with E-state index in [1.807, 2.05) is 73.7 Å². The molecular weight excluding hydrogens is 550 g/mol. The van der Waals surface area contributed by atoms with Crippen molar-refractivity contribution in [2.75, 3.05) is 38.1 Å². The Morgan fingerprint density at radius 3 is 2.38 bits per heavy atom. The molecule has 1 N–H and O–H groups in total. The van der Waals surface area contributed by atoms with Gasteiger partial charge >= 0.3 is 0 Å². The van der Waals surface area contributed by atoms with E-state index in [0.717, 1.165) is 37.1 Å². The first kappa shape index (κ1) is 30.2. The third-order valence-corrected chi connectivity index (χ3v) is 9.82. The lowest BCUT2D eigenvalue weighted by Crippen LogP contribution is -2.64. The van der Waals surface area contributed by atoms with Crippen molar-refractivity contribution < 1.29 is 22.7 Å². The van der Waals surface area contributed by atoms with Gasteiger partial charge in [-0.1, -0.05) is 49.7 Å². The summed E-state index contributed by atoms with van der Waals surface area (Å²) in [5.41, 5.74) is 1.05. The zero-order chi connectivity index (χ0) is 29.7. The number of nitrogens with zero attached hydrogens (tertiary/aromatic N) is 2. The van der Waals surface area contributed by atoms with Crippen LogP contribution in [-0.2, 0) is 19.6 Å². The number of morpholine rings is 1. The number of nitrogens with one attached hydrogen (secondary N) is 1. The molecule has 2 fully saturated rings. The maximum absolute atomic E-state index is 13.9. The van der Waals surface area contributed by atoms with Crippen LogP contribution in [0.25, 0.3) is 0 Å². The number of sulfonamides is 1. The number of amides is 1. The summed E-state index contributed by atoms with van der Waals surface area (Å²) in [6, 6.07) is 23.7. The average molecular weight is 592 g/mol. The number of rotatable bonds is 9. The van der Waals surface area contributed by atoms with E-state index >= 15 is 0 Å². The lowest BCUT2D eigenvalue weighted by molar-refractivity contribution is -0.146. The van der Waals surface area contributed by atoms with Crippen LogP contribution in [-0.4, -0.2) is 68.0 Å². The second kappa shape index (κ2) is 13.0. The molecule has 0 bridgehead atoms. The Kier molecular flexibility index (Phi) is 9.32. The minimum Gasteiger partial charge on any atom is -0.457 e. The van der Waals surface area contributed by atoms with Gasteiger partial charge in [-0.25, -0.2) is 8.42 Å². The summed E-state index contributed by atoms with van der Waals surface area (Å²) < 4.78 is 41.8. The molecule has 1 amide bonds. The van der Waals surface area contributed by atoms with Crippen LogP contribution in [0.1, 0.15) is 38.7 Å². The molecule has 42 heavy (non-hydrogen) atoms.